The molecule has 2 nitrogen and oxygen atoms in total. The van der Waals surface area contributed by atoms with E-state index in [0.29, 0.717) is 6.04 Å². The first-order valence-corrected chi connectivity index (χ1v) is 8.26. The van der Waals surface area contributed by atoms with Crippen LogP contribution in [0.2, 0.25) is 0 Å². The predicted octanol–water partition coefficient (Wildman–Crippen LogP) is 4.25. The summed E-state index contributed by atoms with van der Waals surface area (Å²) in [7, 11) is 0. The number of nitrogens with zero attached hydrogens (tertiary/aromatic N) is 1. The highest BCUT2D eigenvalue weighted by Gasteiger charge is 2.15. The number of nitrogens with one attached hydrogen (secondary N) is 1. The van der Waals surface area contributed by atoms with Gasteiger partial charge in [0.2, 0.25) is 0 Å². The van der Waals surface area contributed by atoms with Gasteiger partial charge in [0, 0.05) is 21.2 Å². The van der Waals surface area contributed by atoms with Crippen LogP contribution in [0, 0.1) is 0 Å². The molecule has 0 spiro atoms. The fourth-order valence-electron chi connectivity index (χ4n) is 1.65. The number of thiophene rings is 1. The van der Waals surface area contributed by atoms with Crippen LogP contribution in [0.1, 0.15) is 30.0 Å². The minimum absolute atomic E-state index is 0.330. The van der Waals surface area contributed by atoms with Crippen LogP contribution >= 0.6 is 38.6 Å². The Morgan fingerprint density at radius 2 is 2.41 bits per heavy atom. The summed E-state index contributed by atoms with van der Waals surface area (Å²) in [5, 5.41) is 7.82. The molecule has 0 aliphatic carbocycles. The average molecular weight is 331 g/mol. The van der Waals surface area contributed by atoms with Crippen molar-refractivity contribution in [2.24, 2.45) is 0 Å². The number of halogens is 1. The molecule has 0 radical (unpaired) electrons. The van der Waals surface area contributed by atoms with E-state index in [2.05, 4.69) is 50.0 Å². The van der Waals surface area contributed by atoms with Crippen LogP contribution in [-0.2, 0) is 6.42 Å². The number of hydrogen-bond acceptors (Lipinski definition) is 4. The van der Waals surface area contributed by atoms with Gasteiger partial charge in [0.05, 0.1) is 17.2 Å². The topological polar surface area (TPSA) is 24.9 Å². The summed E-state index contributed by atoms with van der Waals surface area (Å²) in [4.78, 5) is 5.81. The smallest absolute Gasteiger partial charge is 0.0795 e. The molecule has 1 unspecified atom stereocenters. The Bertz CT molecular complexity index is 439. The summed E-state index contributed by atoms with van der Waals surface area (Å²) in [5.41, 5.74) is 3.06. The molecule has 2 rings (SSSR count). The summed E-state index contributed by atoms with van der Waals surface area (Å²) in [6.45, 7) is 3.22. The molecule has 0 aliphatic rings. The Labute approximate surface area is 118 Å². The minimum Gasteiger partial charge on any atom is -0.308 e. The number of hydrogen-bond donors (Lipinski definition) is 1. The summed E-state index contributed by atoms with van der Waals surface area (Å²) in [6, 6.07) is 2.44. The average Bonchev–Trinajstić information content (AvgIpc) is 2.96. The van der Waals surface area contributed by atoms with Crippen molar-refractivity contribution in [2.45, 2.75) is 25.8 Å². The first-order chi connectivity index (χ1) is 8.31. The lowest BCUT2D eigenvalue weighted by Crippen LogP contribution is -2.24. The van der Waals surface area contributed by atoms with E-state index in [0.717, 1.165) is 25.1 Å². The van der Waals surface area contributed by atoms with Gasteiger partial charge >= 0.3 is 0 Å². The third-order valence-electron chi connectivity index (χ3n) is 2.53. The molecular weight excluding hydrogens is 316 g/mol. The van der Waals surface area contributed by atoms with E-state index in [-0.39, 0.29) is 0 Å². The van der Waals surface area contributed by atoms with Gasteiger partial charge in [0.25, 0.3) is 0 Å². The second-order valence-electron chi connectivity index (χ2n) is 3.82. The van der Waals surface area contributed by atoms with E-state index in [4.69, 9.17) is 0 Å². The summed E-state index contributed by atoms with van der Waals surface area (Å²) < 4.78 is 1.21. The van der Waals surface area contributed by atoms with Gasteiger partial charge in [-0.3, -0.25) is 0 Å². The van der Waals surface area contributed by atoms with Crippen molar-refractivity contribution in [2.75, 3.05) is 6.54 Å². The highest BCUT2D eigenvalue weighted by molar-refractivity contribution is 9.10. The van der Waals surface area contributed by atoms with Crippen molar-refractivity contribution in [3.8, 4) is 0 Å². The molecule has 0 fully saturated rings. The van der Waals surface area contributed by atoms with Gasteiger partial charge in [-0.1, -0.05) is 6.92 Å². The van der Waals surface area contributed by atoms with E-state index in [9.17, 15) is 0 Å². The molecule has 0 aliphatic heterocycles. The van der Waals surface area contributed by atoms with Gasteiger partial charge < -0.3 is 5.32 Å². The van der Waals surface area contributed by atoms with Crippen LogP contribution in [0.25, 0.3) is 0 Å². The molecule has 0 amide bonds. The molecule has 1 atom stereocenters. The Balaban J connectivity index is 2.08. The standard InChI is InChI=1S/C12H15BrN2S2/c1-2-4-14-10(11-7-16-8-15-11)6-12-9(13)3-5-17-12/h3,5,7-8,10,14H,2,4,6H2,1H3. The fraction of sp³-hybridized carbons (Fsp3) is 0.417. The van der Waals surface area contributed by atoms with Crippen LogP contribution in [0.3, 0.4) is 0 Å². The third kappa shape index (κ3) is 3.61. The van der Waals surface area contributed by atoms with Crippen molar-refractivity contribution in [3.63, 3.8) is 0 Å². The molecule has 0 saturated heterocycles. The molecule has 1 N–H and O–H groups in total. The zero-order valence-corrected chi connectivity index (χ0v) is 12.9. The van der Waals surface area contributed by atoms with Crippen molar-refractivity contribution in [1.82, 2.24) is 10.3 Å². The van der Waals surface area contributed by atoms with Crippen molar-refractivity contribution in [1.29, 1.82) is 0 Å². The molecule has 5 heteroatoms. The van der Waals surface area contributed by atoms with Gasteiger partial charge in [-0.05, 0) is 40.3 Å². The van der Waals surface area contributed by atoms with Crippen LogP contribution in [0.15, 0.2) is 26.8 Å². The van der Waals surface area contributed by atoms with Crippen molar-refractivity contribution in [3.05, 3.63) is 37.4 Å². The van der Waals surface area contributed by atoms with E-state index >= 15 is 0 Å². The van der Waals surface area contributed by atoms with Crippen LogP contribution < -0.4 is 5.32 Å². The van der Waals surface area contributed by atoms with Gasteiger partial charge in [0.15, 0.2) is 0 Å². The Morgan fingerprint density at radius 3 is 3.00 bits per heavy atom. The SMILES string of the molecule is CCCNC(Cc1sccc1Br)c1cscn1. The van der Waals surface area contributed by atoms with Gasteiger partial charge in [-0.2, -0.15) is 0 Å². The van der Waals surface area contributed by atoms with E-state index in [1.54, 1.807) is 22.7 Å². The van der Waals surface area contributed by atoms with Crippen LogP contribution in [0.5, 0.6) is 0 Å². The van der Waals surface area contributed by atoms with Crippen LogP contribution in [0.4, 0.5) is 0 Å². The highest BCUT2D eigenvalue weighted by Crippen LogP contribution is 2.28. The maximum atomic E-state index is 4.43. The van der Waals surface area contributed by atoms with E-state index < -0.39 is 0 Å². The molecule has 2 aromatic heterocycles. The minimum atomic E-state index is 0.330. The quantitative estimate of drug-likeness (QED) is 0.856. The second kappa shape index (κ2) is 6.64. The van der Waals surface area contributed by atoms with Gasteiger partial charge in [0.1, 0.15) is 0 Å². The van der Waals surface area contributed by atoms with Crippen LogP contribution in [-0.4, -0.2) is 11.5 Å². The highest BCUT2D eigenvalue weighted by atomic mass is 79.9. The predicted molar refractivity (Wildman–Crippen MR) is 78.9 cm³/mol. The largest absolute Gasteiger partial charge is 0.308 e. The maximum Gasteiger partial charge on any atom is 0.0795 e. The first kappa shape index (κ1) is 13.2. The molecule has 0 saturated carbocycles. The Hall–Kier alpha value is -0.230. The summed E-state index contributed by atoms with van der Waals surface area (Å²) in [5.74, 6) is 0. The lowest BCUT2D eigenvalue weighted by atomic mass is 10.1. The molecule has 92 valence electrons. The van der Waals surface area contributed by atoms with Crippen molar-refractivity contribution >= 4 is 38.6 Å². The summed E-state index contributed by atoms with van der Waals surface area (Å²) >= 11 is 7.05. The molecule has 0 aromatic carbocycles. The maximum absolute atomic E-state index is 4.43. The lowest BCUT2D eigenvalue weighted by Gasteiger charge is -2.15. The van der Waals surface area contributed by atoms with Crippen molar-refractivity contribution < 1.29 is 0 Å². The normalized spacial score (nSPS) is 12.8. The number of rotatable bonds is 6. The molecular formula is C12H15BrN2S2. The van der Waals surface area contributed by atoms with E-state index in [1.165, 1.54) is 9.35 Å². The summed E-state index contributed by atoms with van der Waals surface area (Å²) in [6.07, 6.45) is 2.15. The third-order valence-corrected chi connectivity index (χ3v) is 5.08. The lowest BCUT2D eigenvalue weighted by molar-refractivity contribution is 0.522. The Morgan fingerprint density at radius 1 is 1.53 bits per heavy atom. The zero-order valence-electron chi connectivity index (χ0n) is 9.65. The second-order valence-corrected chi connectivity index (χ2v) is 6.39. The number of thiazole rings is 1. The van der Waals surface area contributed by atoms with Gasteiger partial charge in [-0.25, -0.2) is 4.98 Å². The monoisotopic (exact) mass is 330 g/mol. The fourth-order valence-corrected chi connectivity index (χ4v) is 3.82. The molecule has 17 heavy (non-hydrogen) atoms. The molecule has 2 aromatic rings. The zero-order chi connectivity index (χ0) is 12.1. The molecule has 0 bridgehead atoms. The Kier molecular flexibility index (Phi) is 5.16. The van der Waals surface area contributed by atoms with Gasteiger partial charge in [-0.15, -0.1) is 22.7 Å². The first-order valence-electron chi connectivity index (χ1n) is 5.64. The number of aromatic nitrogens is 1. The van der Waals surface area contributed by atoms with E-state index in [1.807, 2.05) is 5.51 Å². The molecule has 2 heterocycles.